The topological polar surface area (TPSA) is 68.1 Å². The normalized spacial score (nSPS) is 13.5. The van der Waals surface area contributed by atoms with Crippen LogP contribution in [0.15, 0.2) is 36.9 Å². The molecule has 0 aliphatic carbocycles. The van der Waals surface area contributed by atoms with Crippen molar-refractivity contribution in [1.82, 2.24) is 19.7 Å². The van der Waals surface area contributed by atoms with Crippen LogP contribution in [0.3, 0.4) is 0 Å². The molecule has 0 bridgehead atoms. The zero-order valence-electron chi connectivity index (χ0n) is 12.5. The number of rotatable bonds is 6. The van der Waals surface area contributed by atoms with Gasteiger partial charge in [-0.25, -0.2) is 18.1 Å². The molecule has 1 aromatic heterocycles. The summed E-state index contributed by atoms with van der Waals surface area (Å²) in [6.45, 7) is 2.58. The van der Waals surface area contributed by atoms with E-state index >= 15 is 0 Å². The van der Waals surface area contributed by atoms with Crippen LogP contribution >= 0.6 is 0 Å². The number of aromatic nitrogens is 3. The lowest BCUT2D eigenvalue weighted by molar-refractivity contribution is 0.276. The third-order valence-corrected chi connectivity index (χ3v) is 4.46. The summed E-state index contributed by atoms with van der Waals surface area (Å²) in [5.41, 5.74) is 2.08. The minimum atomic E-state index is -2.93. The molecule has 6 nitrogen and oxygen atoms in total. The fraction of sp³-hybridized carbons (Fsp3) is 0.429. The molecule has 0 aliphatic heterocycles. The molecule has 0 radical (unpaired) electrons. The maximum absolute atomic E-state index is 11.2. The highest BCUT2D eigenvalue weighted by Crippen LogP contribution is 2.20. The Bertz CT molecular complexity index is 666. The summed E-state index contributed by atoms with van der Waals surface area (Å²) in [6, 6.07) is 8.16. The second-order valence-electron chi connectivity index (χ2n) is 5.22. The third-order valence-electron chi connectivity index (χ3n) is 3.53. The highest BCUT2D eigenvalue weighted by molar-refractivity contribution is 7.90. The molecule has 1 heterocycles. The van der Waals surface area contributed by atoms with Gasteiger partial charge in [-0.05, 0) is 31.7 Å². The van der Waals surface area contributed by atoms with E-state index in [0.717, 1.165) is 11.3 Å². The summed E-state index contributed by atoms with van der Waals surface area (Å²) in [4.78, 5) is 5.95. The molecule has 0 spiro atoms. The second-order valence-corrected chi connectivity index (χ2v) is 7.48. The minimum absolute atomic E-state index is 0.150. The minimum Gasteiger partial charge on any atom is -0.299 e. The summed E-state index contributed by atoms with van der Waals surface area (Å²) >= 11 is 0. The van der Waals surface area contributed by atoms with Crippen molar-refractivity contribution in [2.24, 2.45) is 0 Å². The molecular weight excluding hydrogens is 288 g/mol. The number of hydrogen-bond donors (Lipinski definition) is 0. The van der Waals surface area contributed by atoms with Crippen molar-refractivity contribution in [3.05, 3.63) is 42.5 Å². The van der Waals surface area contributed by atoms with Crippen LogP contribution < -0.4 is 0 Å². The van der Waals surface area contributed by atoms with Gasteiger partial charge in [0.2, 0.25) is 0 Å². The first kappa shape index (κ1) is 15.7. The van der Waals surface area contributed by atoms with Crippen LogP contribution in [0, 0.1) is 0 Å². The fourth-order valence-electron chi connectivity index (χ4n) is 2.01. The molecule has 0 amide bonds. The van der Waals surface area contributed by atoms with Crippen LogP contribution in [0.1, 0.15) is 18.5 Å². The van der Waals surface area contributed by atoms with Crippen LogP contribution in [0.5, 0.6) is 0 Å². The number of sulfone groups is 1. The van der Waals surface area contributed by atoms with Crippen LogP contribution in [0.4, 0.5) is 0 Å². The molecular formula is C14H20N4O2S. The predicted octanol–water partition coefficient (Wildman–Crippen LogP) is 1.30. The molecule has 0 fully saturated rings. The maximum Gasteiger partial charge on any atom is 0.148 e. The van der Waals surface area contributed by atoms with E-state index in [4.69, 9.17) is 0 Å². The molecule has 2 rings (SSSR count). The highest BCUT2D eigenvalue weighted by Gasteiger charge is 2.13. The lowest BCUT2D eigenvalue weighted by Gasteiger charge is -2.24. The quantitative estimate of drug-likeness (QED) is 0.805. The zero-order chi connectivity index (χ0) is 15.5. The second kappa shape index (κ2) is 6.36. The largest absolute Gasteiger partial charge is 0.299 e. The first-order chi connectivity index (χ1) is 9.87. The van der Waals surface area contributed by atoms with Crippen molar-refractivity contribution in [2.75, 3.05) is 25.6 Å². The lowest BCUT2D eigenvalue weighted by Crippen LogP contribution is -2.28. The molecule has 0 saturated carbocycles. The first-order valence-corrected chi connectivity index (χ1v) is 8.76. The average molecular weight is 308 g/mol. The molecule has 2 aromatic rings. The van der Waals surface area contributed by atoms with Crippen molar-refractivity contribution < 1.29 is 8.42 Å². The lowest BCUT2D eigenvalue weighted by atomic mass is 10.1. The van der Waals surface area contributed by atoms with Gasteiger partial charge >= 0.3 is 0 Å². The maximum atomic E-state index is 11.2. The van der Waals surface area contributed by atoms with Crippen LogP contribution in [0.2, 0.25) is 0 Å². The van der Waals surface area contributed by atoms with E-state index in [2.05, 4.69) is 17.0 Å². The van der Waals surface area contributed by atoms with E-state index in [-0.39, 0.29) is 11.8 Å². The van der Waals surface area contributed by atoms with Gasteiger partial charge in [0.25, 0.3) is 0 Å². The Hall–Kier alpha value is -1.73. The smallest absolute Gasteiger partial charge is 0.148 e. The summed E-state index contributed by atoms with van der Waals surface area (Å²) < 4.78 is 24.2. The summed E-state index contributed by atoms with van der Waals surface area (Å²) in [7, 11) is -1.000. The van der Waals surface area contributed by atoms with Crippen LogP contribution in [0.25, 0.3) is 5.69 Å². The summed E-state index contributed by atoms with van der Waals surface area (Å²) in [6.07, 6.45) is 4.41. The molecule has 21 heavy (non-hydrogen) atoms. The molecule has 114 valence electrons. The monoisotopic (exact) mass is 308 g/mol. The molecule has 0 N–H and O–H groups in total. The Morgan fingerprint density at radius 1 is 1.29 bits per heavy atom. The van der Waals surface area contributed by atoms with Gasteiger partial charge in [0, 0.05) is 18.8 Å². The van der Waals surface area contributed by atoms with Crippen LogP contribution in [-0.2, 0) is 9.84 Å². The SMILES string of the molecule is CC(c1ccc(-n2cncn2)cc1)N(C)CCS(C)(=O)=O. The number of benzene rings is 1. The zero-order valence-corrected chi connectivity index (χ0v) is 13.3. The number of nitrogens with zero attached hydrogens (tertiary/aromatic N) is 4. The summed E-state index contributed by atoms with van der Waals surface area (Å²) in [5, 5.41) is 4.08. The van der Waals surface area contributed by atoms with E-state index in [1.54, 1.807) is 11.0 Å². The Kier molecular flexibility index (Phi) is 4.74. The Labute approximate surface area is 125 Å². The van der Waals surface area contributed by atoms with E-state index in [9.17, 15) is 8.42 Å². The van der Waals surface area contributed by atoms with Gasteiger partial charge in [0.1, 0.15) is 22.5 Å². The van der Waals surface area contributed by atoms with Crippen molar-refractivity contribution >= 4 is 9.84 Å². The molecule has 7 heteroatoms. The van der Waals surface area contributed by atoms with E-state index < -0.39 is 9.84 Å². The van der Waals surface area contributed by atoms with Crippen molar-refractivity contribution in [1.29, 1.82) is 0 Å². The molecule has 0 saturated heterocycles. The van der Waals surface area contributed by atoms with Crippen molar-refractivity contribution in [3.8, 4) is 5.69 Å². The van der Waals surface area contributed by atoms with Crippen molar-refractivity contribution in [3.63, 3.8) is 0 Å². The van der Waals surface area contributed by atoms with Gasteiger partial charge in [-0.1, -0.05) is 12.1 Å². The van der Waals surface area contributed by atoms with Crippen molar-refractivity contribution in [2.45, 2.75) is 13.0 Å². The van der Waals surface area contributed by atoms with Gasteiger partial charge in [0.15, 0.2) is 0 Å². The van der Waals surface area contributed by atoms with Gasteiger partial charge in [-0.3, -0.25) is 4.90 Å². The highest BCUT2D eigenvalue weighted by atomic mass is 32.2. The Morgan fingerprint density at radius 3 is 2.48 bits per heavy atom. The standard InChI is InChI=1S/C14H20N4O2S/c1-12(17(2)8-9-21(3,19)20)13-4-6-14(7-5-13)18-11-15-10-16-18/h4-7,10-12H,8-9H2,1-3H3. The van der Waals surface area contributed by atoms with E-state index in [1.165, 1.54) is 12.6 Å². The van der Waals surface area contributed by atoms with Gasteiger partial charge in [-0.2, -0.15) is 5.10 Å². The van der Waals surface area contributed by atoms with Gasteiger partial charge in [-0.15, -0.1) is 0 Å². The van der Waals surface area contributed by atoms with Gasteiger partial charge in [0.05, 0.1) is 11.4 Å². The Morgan fingerprint density at radius 2 is 1.95 bits per heavy atom. The van der Waals surface area contributed by atoms with Crippen LogP contribution in [-0.4, -0.2) is 53.7 Å². The molecule has 0 aliphatic rings. The van der Waals surface area contributed by atoms with Gasteiger partial charge < -0.3 is 0 Å². The Balaban J connectivity index is 2.04. The molecule has 1 unspecified atom stereocenters. The summed E-state index contributed by atoms with van der Waals surface area (Å²) in [5.74, 6) is 0.172. The average Bonchev–Trinajstić information content (AvgIpc) is 2.97. The fourth-order valence-corrected chi connectivity index (χ4v) is 2.62. The molecule has 1 atom stereocenters. The third kappa shape index (κ3) is 4.37. The molecule has 1 aromatic carbocycles. The first-order valence-electron chi connectivity index (χ1n) is 6.70. The predicted molar refractivity (Wildman–Crippen MR) is 82.1 cm³/mol. The number of hydrogen-bond acceptors (Lipinski definition) is 5. The van der Waals surface area contributed by atoms with E-state index in [0.29, 0.717) is 6.54 Å². The van der Waals surface area contributed by atoms with E-state index in [1.807, 2.05) is 36.2 Å².